The second kappa shape index (κ2) is 9.64. The first-order valence-electron chi connectivity index (χ1n) is 12.2. The van der Waals surface area contributed by atoms with E-state index in [-0.39, 0.29) is 35.3 Å². The first-order valence-corrected chi connectivity index (χ1v) is 14.5. The van der Waals surface area contributed by atoms with Crippen LogP contribution in [0.3, 0.4) is 0 Å². The molecular formula is C25H31ClN6O3S. The number of amidine groups is 1. The number of likely N-dealkylation sites (tertiary alicyclic amines) is 2. The van der Waals surface area contributed by atoms with E-state index < -0.39 is 10.0 Å². The summed E-state index contributed by atoms with van der Waals surface area (Å²) in [5.41, 5.74) is 9.35. The molecule has 1 aromatic rings. The number of hydrogen-bond donors (Lipinski definition) is 2. The van der Waals surface area contributed by atoms with Gasteiger partial charge in [-0.15, -0.1) is 0 Å². The van der Waals surface area contributed by atoms with E-state index >= 15 is 0 Å². The molecule has 192 valence electrons. The molecule has 2 fully saturated rings. The van der Waals surface area contributed by atoms with Gasteiger partial charge in [-0.3, -0.25) is 14.5 Å². The summed E-state index contributed by atoms with van der Waals surface area (Å²) in [6.45, 7) is 4.30. The average molecular weight is 531 g/mol. The quantitative estimate of drug-likeness (QED) is 0.620. The molecule has 3 atom stereocenters. The number of nitrogens with one attached hydrogen (secondary N) is 1. The largest absolute Gasteiger partial charge is 0.355 e. The normalized spacial score (nSPS) is 26.2. The van der Waals surface area contributed by atoms with Gasteiger partial charge < -0.3 is 15.5 Å². The number of halogens is 1. The van der Waals surface area contributed by atoms with E-state index in [1.807, 2.05) is 6.08 Å². The van der Waals surface area contributed by atoms with Crippen LogP contribution in [0.15, 0.2) is 51.6 Å². The van der Waals surface area contributed by atoms with Crippen LogP contribution in [0.5, 0.6) is 0 Å². The Hall–Kier alpha value is -2.69. The van der Waals surface area contributed by atoms with E-state index in [0.717, 1.165) is 67.8 Å². The van der Waals surface area contributed by atoms with Gasteiger partial charge in [0.1, 0.15) is 11.9 Å². The molecule has 0 radical (unpaired) electrons. The summed E-state index contributed by atoms with van der Waals surface area (Å²) in [6.07, 6.45) is 8.76. The van der Waals surface area contributed by atoms with Crippen LogP contribution in [0.2, 0.25) is 5.02 Å². The number of carbonyl (C=O) groups excluding carboxylic acids is 1. The summed E-state index contributed by atoms with van der Waals surface area (Å²) in [4.78, 5) is 27.7. The van der Waals surface area contributed by atoms with Gasteiger partial charge in [0.25, 0.3) is 5.91 Å². The zero-order valence-corrected chi connectivity index (χ0v) is 22.0. The van der Waals surface area contributed by atoms with Crippen LogP contribution in [0.4, 0.5) is 5.69 Å². The van der Waals surface area contributed by atoms with Crippen LogP contribution in [0.1, 0.15) is 43.0 Å². The number of sulfonamides is 1. The monoisotopic (exact) mass is 530 g/mol. The predicted octanol–water partition coefficient (Wildman–Crippen LogP) is 2.80. The first-order chi connectivity index (χ1) is 17.1. The van der Waals surface area contributed by atoms with Gasteiger partial charge in [0.15, 0.2) is 0 Å². The van der Waals surface area contributed by atoms with Gasteiger partial charge in [0.05, 0.1) is 35.0 Å². The number of nitrogens with two attached hydrogens (primary N) is 1. The van der Waals surface area contributed by atoms with Crippen molar-refractivity contribution in [3.05, 3.63) is 52.2 Å². The highest BCUT2D eigenvalue weighted by Crippen LogP contribution is 2.32. The molecule has 1 unspecified atom stereocenters. The maximum Gasteiger partial charge on any atom is 0.256 e. The van der Waals surface area contributed by atoms with Crippen molar-refractivity contribution in [1.82, 2.24) is 9.80 Å². The lowest BCUT2D eigenvalue weighted by molar-refractivity contribution is 0.0682. The molecule has 0 bridgehead atoms. The smallest absolute Gasteiger partial charge is 0.256 e. The van der Waals surface area contributed by atoms with E-state index in [2.05, 4.69) is 22.6 Å². The third kappa shape index (κ3) is 5.07. The summed E-state index contributed by atoms with van der Waals surface area (Å²) < 4.78 is 26.2. The molecule has 0 saturated carbocycles. The molecule has 2 saturated heterocycles. The molecule has 4 aliphatic heterocycles. The van der Waals surface area contributed by atoms with Crippen LogP contribution < -0.4 is 10.5 Å². The Balaban J connectivity index is 1.43. The molecule has 4 aliphatic rings. The average Bonchev–Trinajstić information content (AvgIpc) is 3.44. The Bertz CT molecular complexity index is 1320. The topological polar surface area (TPSA) is 120 Å². The maximum atomic E-state index is 13.7. The molecule has 9 nitrogen and oxygen atoms in total. The van der Waals surface area contributed by atoms with Crippen molar-refractivity contribution in [1.29, 1.82) is 0 Å². The minimum atomic E-state index is -3.57. The molecule has 1 amide bonds. The van der Waals surface area contributed by atoms with Crippen molar-refractivity contribution in [3.8, 4) is 0 Å². The van der Waals surface area contributed by atoms with Crippen LogP contribution in [-0.4, -0.2) is 79.7 Å². The molecule has 11 heteroatoms. The predicted molar refractivity (Wildman–Crippen MR) is 143 cm³/mol. The van der Waals surface area contributed by atoms with E-state index in [1.54, 1.807) is 11.0 Å². The molecule has 36 heavy (non-hydrogen) atoms. The minimum absolute atomic E-state index is 0.160. The second-order valence-electron chi connectivity index (χ2n) is 9.92. The second-order valence-corrected chi connectivity index (χ2v) is 12.1. The van der Waals surface area contributed by atoms with Gasteiger partial charge in [-0.2, -0.15) is 0 Å². The Morgan fingerprint density at radius 2 is 2.03 bits per heavy atom. The van der Waals surface area contributed by atoms with Crippen molar-refractivity contribution in [2.45, 2.75) is 50.7 Å². The molecule has 5 rings (SSSR count). The van der Waals surface area contributed by atoms with Crippen LogP contribution >= 0.6 is 11.6 Å². The maximum absolute atomic E-state index is 13.7. The van der Waals surface area contributed by atoms with Crippen LogP contribution in [-0.2, 0) is 10.0 Å². The first kappa shape index (κ1) is 25.0. The highest BCUT2D eigenvalue weighted by molar-refractivity contribution is 7.92. The SMILES string of the molecule is CC1=CC2N=C([C@@H]3CCCCN3C(=O)c3cc(Cl)ccc3NS(C)(=O)=O)C=C2N=C1N1CC[C@H](N)C1. The fourth-order valence-electron chi connectivity index (χ4n) is 5.34. The van der Waals surface area contributed by atoms with Crippen molar-refractivity contribution < 1.29 is 13.2 Å². The number of anilines is 1. The van der Waals surface area contributed by atoms with Gasteiger partial charge in [0.2, 0.25) is 10.0 Å². The molecule has 0 aromatic heterocycles. The third-order valence-electron chi connectivity index (χ3n) is 7.02. The lowest BCUT2D eigenvalue weighted by atomic mass is 9.96. The Morgan fingerprint density at radius 1 is 1.22 bits per heavy atom. The molecular weight excluding hydrogens is 500 g/mol. The fourth-order valence-corrected chi connectivity index (χ4v) is 6.09. The molecule has 0 aliphatic carbocycles. The van der Waals surface area contributed by atoms with Crippen molar-refractivity contribution in [3.63, 3.8) is 0 Å². The number of benzene rings is 1. The highest BCUT2D eigenvalue weighted by Gasteiger charge is 2.36. The van der Waals surface area contributed by atoms with E-state index in [1.165, 1.54) is 12.1 Å². The zero-order valence-electron chi connectivity index (χ0n) is 20.4. The Labute approximate surface area is 216 Å². The summed E-state index contributed by atoms with van der Waals surface area (Å²) in [6, 6.07) is 4.38. The number of aliphatic imine (C=N–C) groups is 2. The fraction of sp³-hybridized carbons (Fsp3) is 0.480. The highest BCUT2D eigenvalue weighted by atomic mass is 35.5. The third-order valence-corrected chi connectivity index (χ3v) is 7.85. The number of piperidine rings is 1. The number of dihydropyridines is 1. The lowest BCUT2D eigenvalue weighted by Gasteiger charge is -2.36. The van der Waals surface area contributed by atoms with Gasteiger partial charge in [-0.1, -0.05) is 11.6 Å². The van der Waals surface area contributed by atoms with E-state index in [0.29, 0.717) is 11.6 Å². The zero-order chi connectivity index (χ0) is 25.6. The van der Waals surface area contributed by atoms with Gasteiger partial charge in [0, 0.05) is 30.7 Å². The van der Waals surface area contributed by atoms with E-state index in [4.69, 9.17) is 27.3 Å². The number of nitrogens with zero attached hydrogens (tertiary/aromatic N) is 4. The standard InChI is InChI=1S/C25H31ClN6O3S/c1-15-11-20-21(29-24(15)31-10-8-17(27)14-31)13-22(28-20)23-5-3-4-9-32(23)25(33)18-12-16(26)6-7-19(18)30-36(2,34)35/h6-7,11-13,17,20,23,30H,3-5,8-10,14,27H2,1-2H3/t17-,20?,23-/m0/s1. The van der Waals surface area contributed by atoms with Crippen molar-refractivity contribution in [2.75, 3.05) is 30.6 Å². The summed E-state index contributed by atoms with van der Waals surface area (Å²) in [5, 5.41) is 0.362. The summed E-state index contributed by atoms with van der Waals surface area (Å²) >= 11 is 6.19. The van der Waals surface area contributed by atoms with Gasteiger partial charge >= 0.3 is 0 Å². The summed E-state index contributed by atoms with van der Waals surface area (Å²) in [7, 11) is -3.57. The summed E-state index contributed by atoms with van der Waals surface area (Å²) in [5.74, 6) is 0.681. The molecule has 1 aromatic carbocycles. The number of carbonyl (C=O) groups is 1. The number of fused-ring (bicyclic) bond motifs is 1. The molecule has 0 spiro atoms. The number of rotatable bonds is 4. The Morgan fingerprint density at radius 3 is 2.75 bits per heavy atom. The van der Waals surface area contributed by atoms with Crippen LogP contribution in [0.25, 0.3) is 0 Å². The minimum Gasteiger partial charge on any atom is -0.355 e. The van der Waals surface area contributed by atoms with E-state index in [9.17, 15) is 13.2 Å². The Kier molecular flexibility index (Phi) is 6.69. The van der Waals surface area contributed by atoms with Gasteiger partial charge in [-0.25, -0.2) is 13.4 Å². The lowest BCUT2D eigenvalue weighted by Crippen LogP contribution is -2.47. The van der Waals surface area contributed by atoms with Crippen molar-refractivity contribution >= 4 is 44.8 Å². The van der Waals surface area contributed by atoms with Gasteiger partial charge in [-0.05, 0) is 68.5 Å². The molecule has 3 N–H and O–H groups in total. The molecule has 4 heterocycles. The number of amides is 1. The number of hydrogen-bond acceptors (Lipinski definition) is 7. The van der Waals surface area contributed by atoms with Crippen LogP contribution in [0, 0.1) is 0 Å². The van der Waals surface area contributed by atoms with Crippen molar-refractivity contribution in [2.24, 2.45) is 15.7 Å².